The van der Waals surface area contributed by atoms with Crippen LogP contribution in [0.1, 0.15) is 47.8 Å². The number of hydrogen-bond acceptors (Lipinski definition) is 6. The van der Waals surface area contributed by atoms with Gasteiger partial charge in [-0.05, 0) is 41.8 Å². The van der Waals surface area contributed by atoms with Crippen LogP contribution in [-0.4, -0.2) is 56.7 Å². The van der Waals surface area contributed by atoms with Crippen LogP contribution in [0.3, 0.4) is 0 Å². The molecule has 188 valence electrons. The van der Waals surface area contributed by atoms with Gasteiger partial charge in [0.2, 0.25) is 0 Å². The summed E-state index contributed by atoms with van der Waals surface area (Å²) in [5, 5.41) is 9.75. The van der Waals surface area contributed by atoms with Crippen LogP contribution in [0, 0.1) is 0 Å². The molecule has 3 atom stereocenters. The molecule has 1 aliphatic rings. The first-order valence-corrected chi connectivity index (χ1v) is 17.3. The minimum absolute atomic E-state index is 0.0265. The number of ether oxygens (including phenoxy) is 1. The lowest BCUT2D eigenvalue weighted by atomic mass is 10.1. The first-order valence-electron chi connectivity index (χ1n) is 11.5. The number of nitrogens with zero attached hydrogens (tertiary/aromatic N) is 1. The van der Waals surface area contributed by atoms with Gasteiger partial charge in [-0.15, -0.1) is 0 Å². The molecule has 1 aliphatic heterocycles. The van der Waals surface area contributed by atoms with E-state index in [9.17, 15) is 14.7 Å². The van der Waals surface area contributed by atoms with Crippen molar-refractivity contribution in [1.29, 1.82) is 0 Å². The van der Waals surface area contributed by atoms with Crippen LogP contribution < -0.4 is 11.2 Å². The van der Waals surface area contributed by atoms with Crippen molar-refractivity contribution in [2.75, 3.05) is 13.2 Å². The smallest absolute Gasteiger partial charge is 0.330 e. The quantitative estimate of drug-likeness (QED) is 0.438. The Balaban J connectivity index is 2.51. The summed E-state index contributed by atoms with van der Waals surface area (Å²) in [5.41, 5.74) is -0.269. The Hall–Kier alpha value is -1.31. The molecule has 0 radical (unpaired) electrons. The average Bonchev–Trinajstić information content (AvgIpc) is 2.95. The SMILES string of the molecule is CC(C)(C)[Si](C)(C)OCC1OC(n2ccc(=O)[nH]c2=O)C(O[Si](C)(C)C(C)(C)C)/C1=C/CO. The first kappa shape index (κ1) is 27.9. The van der Waals surface area contributed by atoms with Crippen LogP contribution in [0.4, 0.5) is 0 Å². The van der Waals surface area contributed by atoms with E-state index < -0.39 is 46.3 Å². The predicted octanol–water partition coefficient (Wildman–Crippen LogP) is 3.76. The third kappa shape index (κ3) is 6.23. The third-order valence-corrected chi connectivity index (χ3v) is 16.3. The predicted molar refractivity (Wildman–Crippen MR) is 136 cm³/mol. The van der Waals surface area contributed by atoms with E-state index in [1.807, 2.05) is 0 Å². The lowest BCUT2D eigenvalue weighted by Gasteiger charge is -2.39. The summed E-state index contributed by atoms with van der Waals surface area (Å²) in [6, 6.07) is 1.29. The van der Waals surface area contributed by atoms with Gasteiger partial charge in [-0.3, -0.25) is 14.3 Å². The van der Waals surface area contributed by atoms with Gasteiger partial charge in [0.1, 0.15) is 12.2 Å². The minimum Gasteiger partial charge on any atom is -0.414 e. The Kier molecular flexibility index (Phi) is 8.25. The highest BCUT2D eigenvalue weighted by Gasteiger charge is 2.49. The van der Waals surface area contributed by atoms with E-state index in [0.717, 1.165) is 5.57 Å². The van der Waals surface area contributed by atoms with E-state index in [1.165, 1.54) is 16.8 Å². The summed E-state index contributed by atoms with van der Waals surface area (Å²) >= 11 is 0. The summed E-state index contributed by atoms with van der Waals surface area (Å²) in [6.45, 7) is 21.7. The van der Waals surface area contributed by atoms with Crippen molar-refractivity contribution in [2.45, 2.75) is 96.2 Å². The van der Waals surface area contributed by atoms with Gasteiger partial charge in [-0.2, -0.15) is 0 Å². The molecule has 0 bridgehead atoms. The molecule has 3 unspecified atom stereocenters. The molecule has 1 aromatic rings. The van der Waals surface area contributed by atoms with Gasteiger partial charge in [0.05, 0.1) is 13.2 Å². The van der Waals surface area contributed by atoms with Crippen LogP contribution >= 0.6 is 0 Å². The molecule has 0 saturated carbocycles. The Morgan fingerprint density at radius 1 is 1.09 bits per heavy atom. The fourth-order valence-corrected chi connectivity index (χ4v) is 5.36. The van der Waals surface area contributed by atoms with Gasteiger partial charge >= 0.3 is 5.69 Å². The van der Waals surface area contributed by atoms with Crippen molar-refractivity contribution in [1.82, 2.24) is 9.55 Å². The normalized spacial score (nSPS) is 24.0. The largest absolute Gasteiger partial charge is 0.414 e. The maximum atomic E-state index is 12.6. The Labute approximate surface area is 199 Å². The molecule has 2 heterocycles. The van der Waals surface area contributed by atoms with Crippen molar-refractivity contribution in [3.8, 4) is 0 Å². The van der Waals surface area contributed by atoms with Gasteiger partial charge in [-0.1, -0.05) is 47.6 Å². The second-order valence-corrected chi connectivity index (χ2v) is 21.4. The Morgan fingerprint density at radius 2 is 1.67 bits per heavy atom. The minimum atomic E-state index is -2.28. The van der Waals surface area contributed by atoms with Gasteiger partial charge < -0.3 is 18.7 Å². The van der Waals surface area contributed by atoms with Crippen LogP contribution in [0.15, 0.2) is 33.5 Å². The van der Waals surface area contributed by atoms with E-state index in [1.54, 1.807) is 6.08 Å². The molecular formula is C23H42N2O6Si2. The number of aliphatic hydroxyl groups excluding tert-OH is 1. The van der Waals surface area contributed by atoms with E-state index in [4.69, 9.17) is 13.6 Å². The third-order valence-electron chi connectivity index (χ3n) is 7.34. The fraction of sp³-hybridized carbons (Fsp3) is 0.739. The maximum Gasteiger partial charge on any atom is 0.330 e. The molecule has 1 fully saturated rings. The topological polar surface area (TPSA) is 103 Å². The molecule has 0 spiro atoms. The van der Waals surface area contributed by atoms with Gasteiger partial charge in [0, 0.05) is 12.3 Å². The molecule has 2 N–H and O–H groups in total. The Bertz CT molecular complexity index is 969. The zero-order valence-corrected chi connectivity index (χ0v) is 23.8. The molecule has 0 aliphatic carbocycles. The first-order chi connectivity index (χ1) is 14.9. The molecule has 33 heavy (non-hydrogen) atoms. The summed E-state index contributed by atoms with van der Waals surface area (Å²) in [7, 11) is -4.35. The average molecular weight is 499 g/mol. The fourth-order valence-electron chi connectivity index (χ4n) is 3.11. The van der Waals surface area contributed by atoms with Gasteiger partial charge in [0.25, 0.3) is 5.56 Å². The standard InChI is InChI=1S/C23H42N2O6Si2/c1-22(2,3)32(7,8)29-15-17-16(12-14-26)19(31-33(9,10)23(4,5)6)20(30-17)25-13-11-18(27)24-21(25)28/h11-13,17,19-20,26H,14-15H2,1-10H3,(H,24,27,28)/b16-12+. The van der Waals surface area contributed by atoms with Crippen LogP contribution in [0.5, 0.6) is 0 Å². The highest BCUT2D eigenvalue weighted by Crippen LogP contribution is 2.44. The second-order valence-electron chi connectivity index (χ2n) is 11.8. The lowest BCUT2D eigenvalue weighted by molar-refractivity contribution is -0.0483. The van der Waals surface area contributed by atoms with E-state index in [2.05, 4.69) is 72.7 Å². The van der Waals surface area contributed by atoms with Crippen molar-refractivity contribution in [3.05, 3.63) is 44.8 Å². The zero-order chi connectivity index (χ0) is 25.4. The van der Waals surface area contributed by atoms with Crippen LogP contribution in [-0.2, 0) is 13.6 Å². The number of rotatable bonds is 7. The number of H-pyrrole nitrogens is 1. The van der Waals surface area contributed by atoms with Crippen molar-refractivity contribution >= 4 is 16.6 Å². The van der Waals surface area contributed by atoms with E-state index >= 15 is 0 Å². The zero-order valence-electron chi connectivity index (χ0n) is 21.8. The van der Waals surface area contributed by atoms with Crippen molar-refractivity contribution < 1.29 is 18.7 Å². The summed E-state index contributed by atoms with van der Waals surface area (Å²) in [5.74, 6) is 0. The lowest BCUT2D eigenvalue weighted by Crippen LogP contribution is -2.47. The van der Waals surface area contributed by atoms with Crippen molar-refractivity contribution in [3.63, 3.8) is 0 Å². The highest BCUT2D eigenvalue weighted by molar-refractivity contribution is 6.74. The number of aromatic amines is 1. The molecule has 0 aromatic carbocycles. The molecule has 2 rings (SSSR count). The van der Waals surface area contributed by atoms with Crippen molar-refractivity contribution in [2.24, 2.45) is 0 Å². The van der Waals surface area contributed by atoms with E-state index in [-0.39, 0.29) is 16.7 Å². The number of aliphatic hydroxyl groups is 1. The number of aromatic nitrogens is 2. The molecule has 1 aromatic heterocycles. The summed E-state index contributed by atoms with van der Waals surface area (Å²) in [6.07, 6.45) is 1.28. The van der Waals surface area contributed by atoms with E-state index in [0.29, 0.717) is 6.61 Å². The molecule has 1 saturated heterocycles. The van der Waals surface area contributed by atoms with Gasteiger partial charge in [0.15, 0.2) is 22.9 Å². The Morgan fingerprint density at radius 3 is 2.15 bits per heavy atom. The van der Waals surface area contributed by atoms with Crippen LogP contribution in [0.25, 0.3) is 0 Å². The summed E-state index contributed by atoms with van der Waals surface area (Å²) < 4.78 is 20.9. The monoisotopic (exact) mass is 498 g/mol. The number of nitrogens with one attached hydrogen (secondary N) is 1. The second kappa shape index (κ2) is 9.75. The van der Waals surface area contributed by atoms with Crippen LogP contribution in [0.2, 0.25) is 36.3 Å². The van der Waals surface area contributed by atoms with Gasteiger partial charge in [-0.25, -0.2) is 4.79 Å². The highest BCUT2D eigenvalue weighted by atomic mass is 28.4. The maximum absolute atomic E-state index is 12.6. The molecule has 8 nitrogen and oxygen atoms in total. The summed E-state index contributed by atoms with van der Waals surface area (Å²) in [4.78, 5) is 26.6. The molecular weight excluding hydrogens is 456 g/mol. The number of hydrogen-bond donors (Lipinski definition) is 2. The molecule has 10 heteroatoms. The molecule has 0 amide bonds.